The normalized spacial score (nSPS) is 10.6. The van der Waals surface area contributed by atoms with Gasteiger partial charge in [-0.1, -0.05) is 0 Å². The number of benzene rings is 1. The second-order valence-corrected chi connectivity index (χ2v) is 5.15. The van der Waals surface area contributed by atoms with Gasteiger partial charge in [0.1, 0.15) is 18.2 Å². The first-order chi connectivity index (χ1) is 12.0. The van der Waals surface area contributed by atoms with E-state index in [2.05, 4.69) is 15.4 Å². The Morgan fingerprint density at radius 3 is 2.88 bits per heavy atom. The summed E-state index contributed by atoms with van der Waals surface area (Å²) in [6.45, 7) is 0.176. The highest BCUT2D eigenvalue weighted by Gasteiger charge is 2.11. The van der Waals surface area contributed by atoms with Crippen LogP contribution in [-0.2, 0) is 11.3 Å². The lowest BCUT2D eigenvalue weighted by molar-refractivity contribution is -0.385. The first-order valence-corrected chi connectivity index (χ1v) is 7.27. The van der Waals surface area contributed by atoms with Gasteiger partial charge in [-0.05, 0) is 18.2 Å². The predicted molar refractivity (Wildman–Crippen MR) is 85.7 cm³/mol. The maximum absolute atomic E-state index is 14.1. The number of rotatable bonds is 6. The van der Waals surface area contributed by atoms with E-state index in [9.17, 15) is 19.3 Å². The Labute approximate surface area is 140 Å². The second kappa shape index (κ2) is 6.91. The van der Waals surface area contributed by atoms with Crippen molar-refractivity contribution in [3.63, 3.8) is 0 Å². The van der Waals surface area contributed by atoms with Crippen molar-refractivity contribution in [1.29, 1.82) is 0 Å². The third-order valence-corrected chi connectivity index (χ3v) is 3.41. The Balaban J connectivity index is 1.59. The van der Waals surface area contributed by atoms with Crippen LogP contribution in [-0.4, -0.2) is 30.2 Å². The molecule has 0 aliphatic rings. The summed E-state index contributed by atoms with van der Waals surface area (Å²) >= 11 is 0. The minimum absolute atomic E-state index is 0.0454. The molecular weight excluding hydrogens is 331 g/mol. The van der Waals surface area contributed by atoms with Crippen LogP contribution in [0, 0.1) is 15.9 Å². The summed E-state index contributed by atoms with van der Waals surface area (Å²) < 4.78 is 16.9. The van der Waals surface area contributed by atoms with E-state index in [1.165, 1.54) is 40.1 Å². The van der Waals surface area contributed by atoms with Crippen LogP contribution in [0.2, 0.25) is 0 Å². The molecule has 0 saturated carbocycles. The number of aromatic nitrogens is 4. The van der Waals surface area contributed by atoms with E-state index in [1.54, 1.807) is 12.3 Å². The molecule has 9 nitrogen and oxygen atoms in total. The van der Waals surface area contributed by atoms with E-state index in [4.69, 9.17) is 0 Å². The fourth-order valence-corrected chi connectivity index (χ4v) is 2.20. The number of hydrogen-bond acceptors (Lipinski definition) is 5. The highest BCUT2D eigenvalue weighted by molar-refractivity contribution is 5.90. The quantitative estimate of drug-likeness (QED) is 0.544. The summed E-state index contributed by atoms with van der Waals surface area (Å²) in [5, 5.41) is 16.9. The van der Waals surface area contributed by atoms with Crippen molar-refractivity contribution in [3.05, 3.63) is 65.2 Å². The fraction of sp³-hybridized carbons (Fsp3) is 0.133. The number of imidazole rings is 1. The number of nitro groups is 1. The maximum Gasteiger partial charge on any atom is 0.306 e. The first kappa shape index (κ1) is 16.3. The zero-order valence-electron chi connectivity index (χ0n) is 12.9. The minimum atomic E-state index is -0.561. The van der Waals surface area contributed by atoms with Crippen LogP contribution in [0.1, 0.15) is 6.42 Å². The molecule has 128 valence electrons. The zero-order valence-corrected chi connectivity index (χ0v) is 12.9. The lowest BCUT2D eigenvalue weighted by atomic mass is 10.2. The van der Waals surface area contributed by atoms with Gasteiger partial charge in [-0.2, -0.15) is 5.10 Å². The molecule has 0 aliphatic heterocycles. The molecule has 3 rings (SSSR count). The predicted octanol–water partition coefficient (Wildman–Crippen LogP) is 2.14. The van der Waals surface area contributed by atoms with Crippen LogP contribution >= 0.6 is 0 Å². The van der Waals surface area contributed by atoms with E-state index >= 15 is 0 Å². The second-order valence-electron chi connectivity index (χ2n) is 5.15. The third kappa shape index (κ3) is 3.86. The number of anilines is 1. The number of carbonyl (C=O) groups is 1. The number of carbonyl (C=O) groups excluding carboxylic acids is 1. The third-order valence-electron chi connectivity index (χ3n) is 3.41. The van der Waals surface area contributed by atoms with Crippen molar-refractivity contribution < 1.29 is 14.1 Å². The summed E-state index contributed by atoms with van der Waals surface area (Å²) in [4.78, 5) is 25.8. The number of nitrogens with one attached hydrogen (secondary N) is 1. The molecule has 0 spiro atoms. The molecule has 2 aromatic heterocycles. The molecule has 0 unspecified atom stereocenters. The first-order valence-electron chi connectivity index (χ1n) is 7.27. The Hall–Kier alpha value is -3.56. The molecule has 0 fully saturated rings. The maximum atomic E-state index is 14.1. The number of halogens is 1. The molecule has 0 radical (unpaired) electrons. The van der Waals surface area contributed by atoms with Gasteiger partial charge >= 0.3 is 5.69 Å². The van der Waals surface area contributed by atoms with Crippen molar-refractivity contribution in [2.75, 3.05) is 5.32 Å². The minimum Gasteiger partial charge on any atom is -0.326 e. The molecule has 0 aliphatic carbocycles. The number of aryl methyl sites for hydroxylation is 1. The number of hydrogen-bond donors (Lipinski definition) is 1. The van der Waals surface area contributed by atoms with Gasteiger partial charge in [-0.15, -0.1) is 0 Å². The van der Waals surface area contributed by atoms with E-state index in [0.717, 1.165) is 6.20 Å². The van der Waals surface area contributed by atoms with Crippen molar-refractivity contribution in [2.45, 2.75) is 13.0 Å². The average Bonchev–Trinajstić information content (AvgIpc) is 3.25. The van der Waals surface area contributed by atoms with Gasteiger partial charge in [0.15, 0.2) is 0 Å². The molecule has 0 saturated heterocycles. The van der Waals surface area contributed by atoms with Gasteiger partial charge in [-0.3, -0.25) is 19.6 Å². The van der Waals surface area contributed by atoms with Gasteiger partial charge in [0.2, 0.25) is 5.91 Å². The van der Waals surface area contributed by atoms with Crippen LogP contribution in [0.4, 0.5) is 15.8 Å². The lowest BCUT2D eigenvalue weighted by Gasteiger charge is -2.08. The van der Waals surface area contributed by atoms with E-state index in [-0.39, 0.29) is 24.6 Å². The largest absolute Gasteiger partial charge is 0.326 e. The van der Waals surface area contributed by atoms with Gasteiger partial charge in [0, 0.05) is 31.0 Å². The van der Waals surface area contributed by atoms with E-state index in [0.29, 0.717) is 11.4 Å². The van der Waals surface area contributed by atoms with Crippen LogP contribution < -0.4 is 5.32 Å². The highest BCUT2D eigenvalue weighted by Crippen LogP contribution is 2.18. The molecule has 1 amide bonds. The van der Waals surface area contributed by atoms with Crippen LogP contribution in [0.15, 0.2) is 49.3 Å². The molecule has 10 heteroatoms. The van der Waals surface area contributed by atoms with Gasteiger partial charge in [0.05, 0.1) is 16.9 Å². The molecular formula is C15H13FN6O3. The zero-order chi connectivity index (χ0) is 17.8. The standard InChI is InChI=1S/C15H13FN6O3/c16-13-7-11(1-2-14(13)20-6-4-17-10-20)19-15(23)3-5-21-9-12(8-18-21)22(24)25/h1-2,4,6-10H,3,5H2,(H,19,23). The SMILES string of the molecule is O=C(CCn1cc([N+](=O)[O-])cn1)Nc1ccc(-n2ccnc2)c(F)c1. The lowest BCUT2D eigenvalue weighted by Crippen LogP contribution is -2.15. The molecule has 3 aromatic rings. The van der Waals surface area contributed by atoms with Crippen LogP contribution in [0.25, 0.3) is 5.69 Å². The van der Waals surface area contributed by atoms with Gasteiger partial charge in [0.25, 0.3) is 0 Å². The van der Waals surface area contributed by atoms with E-state index < -0.39 is 10.7 Å². The Morgan fingerprint density at radius 2 is 2.24 bits per heavy atom. The average molecular weight is 344 g/mol. The Bertz CT molecular complexity index is 906. The van der Waals surface area contributed by atoms with E-state index in [1.807, 2.05) is 0 Å². The van der Waals surface area contributed by atoms with Crippen LogP contribution in [0.5, 0.6) is 0 Å². The molecule has 1 N–H and O–H groups in total. The van der Waals surface area contributed by atoms with Crippen molar-refractivity contribution in [1.82, 2.24) is 19.3 Å². The summed E-state index contributed by atoms with van der Waals surface area (Å²) in [5.41, 5.74) is 0.495. The monoisotopic (exact) mass is 344 g/mol. The molecule has 2 heterocycles. The molecule has 0 bridgehead atoms. The summed E-state index contributed by atoms with van der Waals surface area (Å²) in [6, 6.07) is 4.32. The topological polar surface area (TPSA) is 108 Å². The van der Waals surface area contributed by atoms with Crippen molar-refractivity contribution in [2.24, 2.45) is 0 Å². The van der Waals surface area contributed by atoms with Crippen LogP contribution in [0.3, 0.4) is 0 Å². The fourth-order valence-electron chi connectivity index (χ4n) is 2.20. The molecule has 0 atom stereocenters. The Morgan fingerprint density at radius 1 is 1.40 bits per heavy atom. The van der Waals surface area contributed by atoms with Crippen molar-refractivity contribution >= 4 is 17.3 Å². The van der Waals surface area contributed by atoms with Gasteiger partial charge < -0.3 is 9.88 Å². The van der Waals surface area contributed by atoms with Crippen molar-refractivity contribution in [3.8, 4) is 5.69 Å². The molecule has 1 aromatic carbocycles. The summed E-state index contributed by atoms with van der Waals surface area (Å²) in [6.07, 6.45) is 7.02. The number of nitrogens with zero attached hydrogens (tertiary/aromatic N) is 5. The summed E-state index contributed by atoms with van der Waals surface area (Å²) in [5.74, 6) is -0.855. The van der Waals surface area contributed by atoms with Gasteiger partial charge in [-0.25, -0.2) is 9.37 Å². The smallest absolute Gasteiger partial charge is 0.306 e. The Kier molecular flexibility index (Phi) is 4.50. The molecule has 25 heavy (non-hydrogen) atoms. The summed E-state index contributed by atoms with van der Waals surface area (Å²) in [7, 11) is 0. The highest BCUT2D eigenvalue weighted by atomic mass is 19.1. The number of amides is 1.